The topological polar surface area (TPSA) is 20.2 Å². The van der Waals surface area contributed by atoms with Gasteiger partial charge in [0.15, 0.2) is 0 Å². The van der Waals surface area contributed by atoms with Crippen molar-refractivity contribution in [2.24, 2.45) is 11.8 Å². The Hall–Kier alpha value is -0.0400. The van der Waals surface area contributed by atoms with Gasteiger partial charge in [-0.05, 0) is 24.7 Å². The summed E-state index contributed by atoms with van der Waals surface area (Å²) in [7, 11) is 0. The summed E-state index contributed by atoms with van der Waals surface area (Å²) < 4.78 is 0. The van der Waals surface area contributed by atoms with E-state index >= 15 is 0 Å². The molecule has 1 nitrogen and oxygen atoms in total. The minimum absolute atomic E-state index is 0.00463. The summed E-state index contributed by atoms with van der Waals surface area (Å²) in [5.74, 6) is 1.26. The molecule has 9 heavy (non-hydrogen) atoms. The molecule has 0 unspecified atom stereocenters. The van der Waals surface area contributed by atoms with Crippen molar-refractivity contribution < 1.29 is 5.11 Å². The zero-order chi connectivity index (χ0) is 6.85. The van der Waals surface area contributed by atoms with Gasteiger partial charge in [-0.3, -0.25) is 0 Å². The van der Waals surface area contributed by atoms with Crippen molar-refractivity contribution in [2.75, 3.05) is 0 Å². The summed E-state index contributed by atoms with van der Waals surface area (Å²) in [5.41, 5.74) is 0. The maximum absolute atomic E-state index is 9.36. The van der Waals surface area contributed by atoms with Gasteiger partial charge >= 0.3 is 0 Å². The van der Waals surface area contributed by atoms with Crippen molar-refractivity contribution >= 4 is 0 Å². The van der Waals surface area contributed by atoms with Crippen LogP contribution >= 0.6 is 0 Å². The average Bonchev–Trinajstić information content (AvgIpc) is 2.13. The average molecular weight is 128 g/mol. The maximum atomic E-state index is 9.36. The number of rotatable bonds is 1. The molecule has 0 aromatic heterocycles. The van der Waals surface area contributed by atoms with Crippen LogP contribution in [0.15, 0.2) is 0 Å². The normalized spacial score (nSPS) is 36.0. The molecule has 1 N–H and O–H groups in total. The molecule has 0 aromatic rings. The number of hydrogen-bond acceptors (Lipinski definition) is 1. The molecule has 0 bridgehead atoms. The van der Waals surface area contributed by atoms with E-state index in [2.05, 4.69) is 13.8 Å². The number of hydrogen-bond donors (Lipinski definition) is 1. The summed E-state index contributed by atoms with van der Waals surface area (Å²) in [4.78, 5) is 0. The van der Waals surface area contributed by atoms with E-state index in [0.29, 0.717) is 11.8 Å². The van der Waals surface area contributed by atoms with E-state index in [1.54, 1.807) is 0 Å². The van der Waals surface area contributed by atoms with E-state index in [0.717, 1.165) is 6.42 Å². The molecule has 1 rings (SSSR count). The smallest absolute Gasteiger partial charge is 0.0570 e. The second-order valence-electron chi connectivity index (χ2n) is 3.41. The van der Waals surface area contributed by atoms with Crippen LogP contribution in [0.4, 0.5) is 0 Å². The molecule has 0 aliphatic heterocycles. The Kier molecular flexibility index (Phi) is 2.12. The molecule has 1 heteroatoms. The third-order valence-electron chi connectivity index (χ3n) is 2.39. The maximum Gasteiger partial charge on any atom is 0.0570 e. The molecule has 1 saturated carbocycles. The first kappa shape index (κ1) is 7.07. The van der Waals surface area contributed by atoms with Gasteiger partial charge in [-0.25, -0.2) is 0 Å². The Bertz CT molecular complexity index is 88.6. The lowest BCUT2D eigenvalue weighted by atomic mass is 9.93. The van der Waals surface area contributed by atoms with Gasteiger partial charge in [-0.15, -0.1) is 0 Å². The van der Waals surface area contributed by atoms with Crippen molar-refractivity contribution in [3.05, 3.63) is 0 Å². The van der Waals surface area contributed by atoms with Crippen LogP contribution in [0.2, 0.25) is 0 Å². The third-order valence-corrected chi connectivity index (χ3v) is 2.39. The SMILES string of the molecule is CC(C)[C@H]1CCC[C@@H]1O. The first-order valence-electron chi connectivity index (χ1n) is 3.90. The lowest BCUT2D eigenvalue weighted by Gasteiger charge is -2.17. The molecular formula is C8H16O. The number of aliphatic hydroxyl groups excluding tert-OH is 1. The summed E-state index contributed by atoms with van der Waals surface area (Å²) in [6, 6.07) is 0. The molecule has 0 heterocycles. The van der Waals surface area contributed by atoms with Gasteiger partial charge in [0.25, 0.3) is 0 Å². The van der Waals surface area contributed by atoms with E-state index in [-0.39, 0.29) is 6.10 Å². The Balaban J connectivity index is 2.40. The first-order valence-corrected chi connectivity index (χ1v) is 3.90. The van der Waals surface area contributed by atoms with E-state index in [1.165, 1.54) is 12.8 Å². The Morgan fingerprint density at radius 2 is 2.00 bits per heavy atom. The molecule has 2 atom stereocenters. The molecule has 0 aromatic carbocycles. The fourth-order valence-corrected chi connectivity index (χ4v) is 1.75. The van der Waals surface area contributed by atoms with Crippen LogP contribution in [0, 0.1) is 11.8 Å². The summed E-state index contributed by atoms with van der Waals surface area (Å²) in [5, 5.41) is 9.36. The summed E-state index contributed by atoms with van der Waals surface area (Å²) in [6.07, 6.45) is 3.50. The fourth-order valence-electron chi connectivity index (χ4n) is 1.75. The minimum Gasteiger partial charge on any atom is -0.393 e. The van der Waals surface area contributed by atoms with Crippen LogP contribution in [0.1, 0.15) is 33.1 Å². The molecule has 1 aliphatic rings. The molecule has 1 aliphatic carbocycles. The molecule has 0 amide bonds. The molecule has 0 radical (unpaired) electrons. The lowest BCUT2D eigenvalue weighted by Crippen LogP contribution is -2.18. The van der Waals surface area contributed by atoms with Crippen molar-refractivity contribution in [1.82, 2.24) is 0 Å². The molecule has 0 saturated heterocycles. The van der Waals surface area contributed by atoms with Crippen LogP contribution in [0.25, 0.3) is 0 Å². The zero-order valence-electron chi connectivity index (χ0n) is 6.30. The standard InChI is InChI=1S/C8H16O/c1-6(2)7-4-3-5-8(7)9/h6-9H,3-5H2,1-2H3/t7-,8+/m1/s1. The molecule has 0 spiro atoms. The van der Waals surface area contributed by atoms with E-state index < -0.39 is 0 Å². The van der Waals surface area contributed by atoms with Crippen molar-refractivity contribution in [3.8, 4) is 0 Å². The fraction of sp³-hybridized carbons (Fsp3) is 1.00. The van der Waals surface area contributed by atoms with Crippen LogP contribution in [-0.2, 0) is 0 Å². The summed E-state index contributed by atoms with van der Waals surface area (Å²) in [6.45, 7) is 4.39. The van der Waals surface area contributed by atoms with Gasteiger partial charge in [0.2, 0.25) is 0 Å². The summed E-state index contributed by atoms with van der Waals surface area (Å²) >= 11 is 0. The van der Waals surface area contributed by atoms with Gasteiger partial charge < -0.3 is 5.11 Å². The van der Waals surface area contributed by atoms with Crippen LogP contribution in [-0.4, -0.2) is 11.2 Å². The Morgan fingerprint density at radius 3 is 2.22 bits per heavy atom. The Morgan fingerprint density at radius 1 is 1.33 bits per heavy atom. The van der Waals surface area contributed by atoms with Gasteiger partial charge in [-0.1, -0.05) is 20.3 Å². The molecular weight excluding hydrogens is 112 g/mol. The highest BCUT2D eigenvalue weighted by atomic mass is 16.3. The predicted molar refractivity (Wildman–Crippen MR) is 38.2 cm³/mol. The highest BCUT2D eigenvalue weighted by Gasteiger charge is 2.27. The zero-order valence-corrected chi connectivity index (χ0v) is 6.30. The van der Waals surface area contributed by atoms with E-state index in [4.69, 9.17) is 0 Å². The van der Waals surface area contributed by atoms with Gasteiger partial charge in [0.05, 0.1) is 6.10 Å². The quantitative estimate of drug-likeness (QED) is 0.571. The van der Waals surface area contributed by atoms with Gasteiger partial charge in [-0.2, -0.15) is 0 Å². The van der Waals surface area contributed by atoms with Crippen LogP contribution in [0.3, 0.4) is 0 Å². The van der Waals surface area contributed by atoms with Crippen molar-refractivity contribution in [1.29, 1.82) is 0 Å². The number of aliphatic hydroxyl groups is 1. The first-order chi connectivity index (χ1) is 4.22. The van der Waals surface area contributed by atoms with Crippen LogP contribution in [0.5, 0.6) is 0 Å². The minimum atomic E-state index is 0.00463. The van der Waals surface area contributed by atoms with E-state index in [1.807, 2.05) is 0 Å². The lowest BCUT2D eigenvalue weighted by molar-refractivity contribution is 0.108. The van der Waals surface area contributed by atoms with Crippen molar-refractivity contribution in [3.63, 3.8) is 0 Å². The van der Waals surface area contributed by atoms with E-state index in [9.17, 15) is 5.11 Å². The molecule has 1 fully saturated rings. The third kappa shape index (κ3) is 1.45. The predicted octanol–water partition coefficient (Wildman–Crippen LogP) is 1.80. The second kappa shape index (κ2) is 2.70. The van der Waals surface area contributed by atoms with Gasteiger partial charge in [0.1, 0.15) is 0 Å². The molecule has 54 valence electrons. The monoisotopic (exact) mass is 128 g/mol. The largest absolute Gasteiger partial charge is 0.393 e. The highest BCUT2D eigenvalue weighted by molar-refractivity contribution is 4.78. The Labute approximate surface area is 57.1 Å². The van der Waals surface area contributed by atoms with Gasteiger partial charge in [0, 0.05) is 0 Å². The highest BCUT2D eigenvalue weighted by Crippen LogP contribution is 2.30. The second-order valence-corrected chi connectivity index (χ2v) is 3.41. The van der Waals surface area contributed by atoms with Crippen molar-refractivity contribution in [2.45, 2.75) is 39.2 Å². The van der Waals surface area contributed by atoms with Crippen LogP contribution < -0.4 is 0 Å².